The van der Waals surface area contributed by atoms with Gasteiger partial charge in [0, 0.05) is 12.0 Å². The summed E-state index contributed by atoms with van der Waals surface area (Å²) in [6.07, 6.45) is 0.884. The Morgan fingerprint density at radius 3 is 2.62 bits per heavy atom. The van der Waals surface area contributed by atoms with Crippen molar-refractivity contribution >= 4 is 11.8 Å². The van der Waals surface area contributed by atoms with Gasteiger partial charge in [0.25, 0.3) is 0 Å². The maximum absolute atomic E-state index is 12.8. The van der Waals surface area contributed by atoms with E-state index in [9.17, 15) is 8.78 Å². The van der Waals surface area contributed by atoms with Crippen LogP contribution in [0.3, 0.4) is 0 Å². The molecule has 70 valence electrons. The van der Waals surface area contributed by atoms with E-state index in [1.807, 2.05) is 0 Å². The number of hydrogen-bond donors (Lipinski definition) is 1. The molecule has 0 spiro atoms. The van der Waals surface area contributed by atoms with Gasteiger partial charge < -0.3 is 0 Å². The fraction of sp³-hybridized carbons (Fsp3) is 0.333. The lowest BCUT2D eigenvalue weighted by Gasteiger charge is -1.99. The van der Waals surface area contributed by atoms with Crippen LogP contribution in [-0.2, 0) is 0 Å². The maximum atomic E-state index is 12.8. The van der Waals surface area contributed by atoms with E-state index >= 15 is 0 Å². The third-order valence-corrected chi connectivity index (χ3v) is 2.58. The molecule has 1 aromatic rings. The molecule has 0 aliphatic heterocycles. The Morgan fingerprint density at radius 2 is 2.08 bits per heavy atom. The van der Waals surface area contributed by atoms with Crippen molar-refractivity contribution < 1.29 is 8.78 Å². The van der Waals surface area contributed by atoms with Gasteiger partial charge in [0.1, 0.15) is 0 Å². The summed E-state index contributed by atoms with van der Waals surface area (Å²) in [5, 5.41) is 0. The second-order valence-corrected chi connectivity index (χ2v) is 3.45. The highest BCUT2D eigenvalue weighted by molar-refractivity contribution is 6.13. The van der Waals surface area contributed by atoms with Crippen molar-refractivity contribution in [3.63, 3.8) is 0 Å². The Hall–Kier alpha value is -0.670. The van der Waals surface area contributed by atoms with Gasteiger partial charge in [-0.15, -0.1) is 0 Å². The first kappa shape index (κ1) is 8.91. The van der Waals surface area contributed by atoms with Gasteiger partial charge in [0.2, 0.25) is 0 Å². The largest absolute Gasteiger partial charge is 0.230 e. The molecule has 0 bridgehead atoms. The molecule has 2 rings (SSSR count). The first-order chi connectivity index (χ1) is 6.22. The molecule has 0 heterocycles. The Balaban J connectivity index is 2.19. The van der Waals surface area contributed by atoms with Crippen LogP contribution in [0.25, 0.3) is 0 Å². The van der Waals surface area contributed by atoms with Crippen LogP contribution in [0.15, 0.2) is 18.2 Å². The SMILES string of the molecule is Fc1ccc([C@@H]2CC2NCl)cc1F. The van der Waals surface area contributed by atoms with Crippen molar-refractivity contribution in [3.05, 3.63) is 35.4 Å². The minimum absolute atomic E-state index is 0.200. The van der Waals surface area contributed by atoms with Crippen molar-refractivity contribution in [1.82, 2.24) is 4.84 Å². The van der Waals surface area contributed by atoms with E-state index in [4.69, 9.17) is 11.8 Å². The van der Waals surface area contributed by atoms with Crippen molar-refractivity contribution in [1.29, 1.82) is 0 Å². The molecule has 1 aliphatic carbocycles. The number of hydrogen-bond acceptors (Lipinski definition) is 1. The Kier molecular flexibility index (Phi) is 2.22. The highest BCUT2D eigenvalue weighted by Crippen LogP contribution is 2.41. The summed E-state index contributed by atoms with van der Waals surface area (Å²) in [6, 6.07) is 4.17. The first-order valence-corrected chi connectivity index (χ1v) is 4.41. The van der Waals surface area contributed by atoms with Gasteiger partial charge in [-0.3, -0.25) is 0 Å². The minimum Gasteiger partial charge on any atom is -0.230 e. The molecule has 1 aliphatic rings. The molecule has 1 fully saturated rings. The summed E-state index contributed by atoms with van der Waals surface area (Å²) in [5.41, 5.74) is 0.803. The number of rotatable bonds is 2. The fourth-order valence-corrected chi connectivity index (χ4v) is 1.67. The Morgan fingerprint density at radius 1 is 1.31 bits per heavy atom. The van der Waals surface area contributed by atoms with E-state index in [0.29, 0.717) is 0 Å². The summed E-state index contributed by atoms with van der Waals surface area (Å²) < 4.78 is 25.3. The van der Waals surface area contributed by atoms with E-state index in [1.54, 1.807) is 6.07 Å². The zero-order valence-corrected chi connectivity index (χ0v) is 7.48. The van der Waals surface area contributed by atoms with E-state index < -0.39 is 11.6 Å². The fourth-order valence-electron chi connectivity index (χ4n) is 1.43. The molecular formula is C9H8ClF2N. The molecule has 1 nitrogen and oxygen atoms in total. The number of halogens is 3. The summed E-state index contributed by atoms with van der Waals surface area (Å²) in [6.45, 7) is 0. The molecule has 1 N–H and O–H groups in total. The summed E-state index contributed by atoms with van der Waals surface area (Å²) in [7, 11) is 0. The molecule has 1 unspecified atom stereocenters. The van der Waals surface area contributed by atoms with Crippen molar-refractivity contribution in [2.24, 2.45) is 0 Å². The standard InChI is InChI=1S/C9H8ClF2N/c10-13-9-4-6(9)5-1-2-7(11)8(12)3-5/h1-3,6,9,13H,4H2/t6-,9?/m0/s1. The van der Waals surface area contributed by atoms with Gasteiger partial charge in [-0.05, 0) is 35.9 Å². The lowest BCUT2D eigenvalue weighted by atomic mass is 10.1. The normalized spacial score (nSPS) is 26.1. The van der Waals surface area contributed by atoms with Crippen molar-refractivity contribution in [2.45, 2.75) is 18.4 Å². The second kappa shape index (κ2) is 3.24. The summed E-state index contributed by atoms with van der Waals surface area (Å²) in [4.78, 5) is 2.58. The maximum Gasteiger partial charge on any atom is 0.159 e. The van der Waals surface area contributed by atoms with Gasteiger partial charge in [0.15, 0.2) is 11.6 Å². The van der Waals surface area contributed by atoms with Crippen LogP contribution >= 0.6 is 11.8 Å². The van der Waals surface area contributed by atoms with Gasteiger partial charge >= 0.3 is 0 Å². The van der Waals surface area contributed by atoms with E-state index in [2.05, 4.69) is 4.84 Å². The van der Waals surface area contributed by atoms with Gasteiger partial charge in [-0.2, -0.15) is 0 Å². The predicted octanol–water partition coefficient (Wildman–Crippen LogP) is 2.56. The molecule has 0 amide bonds. The molecular weight excluding hydrogens is 196 g/mol. The van der Waals surface area contributed by atoms with Crippen molar-refractivity contribution in [3.8, 4) is 0 Å². The molecule has 13 heavy (non-hydrogen) atoms. The highest BCUT2D eigenvalue weighted by Gasteiger charge is 2.38. The van der Waals surface area contributed by atoms with Gasteiger partial charge in [0.05, 0.1) is 0 Å². The zero-order chi connectivity index (χ0) is 9.42. The average molecular weight is 204 g/mol. The minimum atomic E-state index is -0.806. The van der Waals surface area contributed by atoms with E-state index in [1.165, 1.54) is 6.07 Å². The lowest BCUT2D eigenvalue weighted by molar-refractivity contribution is 0.507. The zero-order valence-electron chi connectivity index (χ0n) is 6.73. The van der Waals surface area contributed by atoms with Crippen molar-refractivity contribution in [2.75, 3.05) is 0 Å². The topological polar surface area (TPSA) is 12.0 Å². The third-order valence-electron chi connectivity index (χ3n) is 2.30. The van der Waals surface area contributed by atoms with Gasteiger partial charge in [-0.25, -0.2) is 13.6 Å². The van der Waals surface area contributed by atoms with E-state index in [0.717, 1.165) is 18.1 Å². The van der Waals surface area contributed by atoms with Crippen LogP contribution in [0.1, 0.15) is 17.9 Å². The lowest BCUT2D eigenvalue weighted by Crippen LogP contribution is -2.03. The third kappa shape index (κ3) is 1.67. The molecule has 1 aromatic carbocycles. The molecule has 0 aromatic heterocycles. The molecule has 0 radical (unpaired) electrons. The van der Waals surface area contributed by atoms with Crippen LogP contribution in [-0.4, -0.2) is 6.04 Å². The predicted molar refractivity (Wildman–Crippen MR) is 46.5 cm³/mol. The quantitative estimate of drug-likeness (QED) is 0.729. The number of nitrogens with one attached hydrogen (secondary N) is 1. The highest BCUT2D eigenvalue weighted by atomic mass is 35.5. The smallest absolute Gasteiger partial charge is 0.159 e. The monoisotopic (exact) mass is 203 g/mol. The first-order valence-electron chi connectivity index (χ1n) is 4.03. The number of benzene rings is 1. The van der Waals surface area contributed by atoms with Crippen LogP contribution in [0.4, 0.5) is 8.78 Å². The van der Waals surface area contributed by atoms with Crippen LogP contribution in [0, 0.1) is 11.6 Å². The molecule has 1 saturated carbocycles. The Bertz CT molecular complexity index is 329. The van der Waals surface area contributed by atoms with Gasteiger partial charge in [-0.1, -0.05) is 6.07 Å². The van der Waals surface area contributed by atoms with Crippen LogP contribution in [0.5, 0.6) is 0 Å². The van der Waals surface area contributed by atoms with Crippen LogP contribution < -0.4 is 4.84 Å². The summed E-state index contributed by atoms with van der Waals surface area (Å²) >= 11 is 5.40. The molecule has 2 atom stereocenters. The second-order valence-electron chi connectivity index (χ2n) is 3.23. The molecule has 0 saturated heterocycles. The summed E-state index contributed by atoms with van der Waals surface area (Å²) in [5.74, 6) is -1.37. The average Bonchev–Trinajstić information content (AvgIpc) is 2.88. The van der Waals surface area contributed by atoms with E-state index in [-0.39, 0.29) is 12.0 Å². The van der Waals surface area contributed by atoms with Crippen LogP contribution in [0.2, 0.25) is 0 Å². The Labute approximate surface area is 79.8 Å². The molecule has 4 heteroatoms.